The first-order valence-corrected chi connectivity index (χ1v) is 22.6. The zero-order valence-electron chi connectivity index (χ0n) is 34.8. The summed E-state index contributed by atoms with van der Waals surface area (Å²) in [7, 11) is 0. The number of hydrogen-bond acceptors (Lipinski definition) is 12. The number of imide groups is 2. The molecule has 16 nitrogen and oxygen atoms in total. The number of aromatic nitrogens is 3. The first-order valence-electron chi connectivity index (χ1n) is 21.7. The molecular weight excluding hydrogens is 811 g/mol. The van der Waals surface area contributed by atoms with Gasteiger partial charge < -0.3 is 20.0 Å². The summed E-state index contributed by atoms with van der Waals surface area (Å²) in [6.07, 6.45) is 14.6. The molecule has 4 aliphatic heterocycles. The van der Waals surface area contributed by atoms with Gasteiger partial charge in [0.15, 0.2) is 11.5 Å². The van der Waals surface area contributed by atoms with Crippen molar-refractivity contribution >= 4 is 65.0 Å². The molecule has 2 N–H and O–H groups in total. The second-order valence-corrected chi connectivity index (χ2v) is 17.2. The van der Waals surface area contributed by atoms with Gasteiger partial charge in [-0.25, -0.2) is 0 Å². The van der Waals surface area contributed by atoms with E-state index in [1.165, 1.54) is 17.8 Å². The third kappa shape index (κ3) is 11.1. The van der Waals surface area contributed by atoms with E-state index in [2.05, 4.69) is 30.7 Å². The maximum absolute atomic E-state index is 13.3. The highest BCUT2D eigenvalue weighted by Crippen LogP contribution is 2.35. The van der Waals surface area contributed by atoms with Crippen LogP contribution in [0.15, 0.2) is 65.8 Å². The van der Waals surface area contributed by atoms with Gasteiger partial charge in [-0.15, -0.1) is 22.0 Å². The number of nitrogens with one attached hydrogen (secondary N) is 2. The fourth-order valence-corrected chi connectivity index (χ4v) is 9.44. The fourth-order valence-electron chi connectivity index (χ4n) is 8.35. The molecule has 7 rings (SSSR count). The van der Waals surface area contributed by atoms with E-state index in [1.807, 2.05) is 28.0 Å². The number of piperazine rings is 1. The highest BCUT2D eigenvalue weighted by atomic mass is 32.2. The number of piperidine rings is 2. The number of fused-ring (bicyclic) bond motifs is 1. The van der Waals surface area contributed by atoms with Gasteiger partial charge in [0.1, 0.15) is 6.04 Å². The molecule has 1 unspecified atom stereocenters. The van der Waals surface area contributed by atoms with Crippen molar-refractivity contribution in [3.8, 4) is 0 Å². The molecule has 0 spiro atoms. The third-order valence-corrected chi connectivity index (χ3v) is 13.0. The Morgan fingerprint density at radius 1 is 0.823 bits per heavy atom. The van der Waals surface area contributed by atoms with Crippen molar-refractivity contribution in [2.75, 3.05) is 56.5 Å². The lowest BCUT2D eigenvalue weighted by atomic mass is 9.91. The van der Waals surface area contributed by atoms with Gasteiger partial charge in [-0.2, -0.15) is 0 Å². The molecule has 17 heteroatoms. The molecule has 3 aromatic rings. The average molecular weight is 864 g/mol. The molecule has 326 valence electrons. The van der Waals surface area contributed by atoms with Crippen molar-refractivity contribution in [1.29, 1.82) is 0 Å². The lowest BCUT2D eigenvalue weighted by molar-refractivity contribution is -0.136. The SMILES string of the molecule is O=C(/C=C/c1cccnc1)NCCCCC1CCN(C(=O)c2ccc(N3CCN(C(=O)CCCCCSc4cccc5c4C(=O)N(C4CCC(=O)NC4=O)C5=O)CC3)nn2)CC1. The molecule has 3 saturated heterocycles. The monoisotopic (exact) mass is 863 g/mol. The highest BCUT2D eigenvalue weighted by Gasteiger charge is 2.45. The summed E-state index contributed by atoms with van der Waals surface area (Å²) < 4.78 is 0. The predicted octanol–water partition coefficient (Wildman–Crippen LogP) is 4.13. The number of benzene rings is 1. The minimum Gasteiger partial charge on any atom is -0.353 e. The zero-order chi connectivity index (χ0) is 43.4. The van der Waals surface area contributed by atoms with Gasteiger partial charge in [0, 0.05) is 82.0 Å². The molecule has 7 amide bonds. The molecule has 3 fully saturated rings. The Balaban J connectivity index is 0.747. The number of amides is 7. The van der Waals surface area contributed by atoms with Crippen LogP contribution in [0, 0.1) is 5.92 Å². The fraction of sp³-hybridized carbons (Fsp3) is 0.467. The minimum atomic E-state index is -0.999. The van der Waals surface area contributed by atoms with Crippen LogP contribution < -0.4 is 15.5 Å². The Morgan fingerprint density at radius 3 is 2.39 bits per heavy atom. The Bertz CT molecular complexity index is 2150. The molecule has 1 atom stereocenters. The molecule has 0 bridgehead atoms. The molecule has 6 heterocycles. The van der Waals surface area contributed by atoms with Gasteiger partial charge in [-0.3, -0.25) is 48.8 Å². The smallest absolute Gasteiger partial charge is 0.274 e. The van der Waals surface area contributed by atoms with E-state index < -0.39 is 29.7 Å². The van der Waals surface area contributed by atoms with Crippen LogP contribution in [0.4, 0.5) is 5.82 Å². The number of carbonyl (C=O) groups is 7. The van der Waals surface area contributed by atoms with E-state index in [0.29, 0.717) is 85.9 Å². The van der Waals surface area contributed by atoms with E-state index >= 15 is 0 Å². The number of unbranched alkanes of at least 4 members (excludes halogenated alkanes) is 3. The first-order chi connectivity index (χ1) is 30.2. The van der Waals surface area contributed by atoms with Gasteiger partial charge in [-0.1, -0.05) is 31.4 Å². The summed E-state index contributed by atoms with van der Waals surface area (Å²) in [5.41, 5.74) is 1.79. The van der Waals surface area contributed by atoms with E-state index in [0.717, 1.165) is 61.8 Å². The van der Waals surface area contributed by atoms with Gasteiger partial charge in [-0.05, 0) is 92.2 Å². The largest absolute Gasteiger partial charge is 0.353 e. The summed E-state index contributed by atoms with van der Waals surface area (Å²) in [5, 5.41) is 13.8. The number of thioether (sulfide) groups is 1. The summed E-state index contributed by atoms with van der Waals surface area (Å²) in [6.45, 7) is 4.40. The zero-order valence-corrected chi connectivity index (χ0v) is 35.7. The Kier molecular flexibility index (Phi) is 15.1. The maximum Gasteiger partial charge on any atom is 0.274 e. The normalized spacial score (nSPS) is 18.4. The quantitative estimate of drug-likeness (QED) is 0.0855. The molecule has 62 heavy (non-hydrogen) atoms. The van der Waals surface area contributed by atoms with Gasteiger partial charge in [0.05, 0.1) is 11.1 Å². The maximum atomic E-state index is 13.3. The number of hydrogen-bond donors (Lipinski definition) is 2. The lowest BCUT2D eigenvalue weighted by Gasteiger charge is -2.35. The van der Waals surface area contributed by atoms with Crippen LogP contribution in [0.1, 0.15) is 107 Å². The summed E-state index contributed by atoms with van der Waals surface area (Å²) in [6, 6.07) is 11.4. The van der Waals surface area contributed by atoms with Crippen LogP contribution in [-0.4, -0.2) is 129 Å². The van der Waals surface area contributed by atoms with Crippen LogP contribution in [-0.2, 0) is 19.2 Å². The Morgan fingerprint density at radius 2 is 1.65 bits per heavy atom. The molecular formula is C45H53N9O7S. The topological polar surface area (TPSA) is 195 Å². The van der Waals surface area contributed by atoms with Crippen LogP contribution in [0.5, 0.6) is 0 Å². The van der Waals surface area contributed by atoms with Crippen LogP contribution in [0.3, 0.4) is 0 Å². The number of likely N-dealkylation sites (tertiary alicyclic amines) is 1. The van der Waals surface area contributed by atoms with Crippen LogP contribution in [0.25, 0.3) is 6.08 Å². The first kappa shape index (κ1) is 44.1. The average Bonchev–Trinajstić information content (AvgIpc) is 3.55. The van der Waals surface area contributed by atoms with E-state index in [9.17, 15) is 33.6 Å². The summed E-state index contributed by atoms with van der Waals surface area (Å²) in [5.74, 6) is -0.229. The number of rotatable bonds is 17. The van der Waals surface area contributed by atoms with Crippen molar-refractivity contribution in [1.82, 2.24) is 40.5 Å². The second-order valence-electron chi connectivity index (χ2n) is 16.1. The van der Waals surface area contributed by atoms with Crippen molar-refractivity contribution in [2.24, 2.45) is 5.92 Å². The van der Waals surface area contributed by atoms with Crippen LogP contribution in [0.2, 0.25) is 0 Å². The Hall–Kier alpha value is -5.97. The number of nitrogens with zero attached hydrogens (tertiary/aromatic N) is 7. The standard InChI is InChI=1S/C45H53N9O7S/c55-38(17-13-32-9-7-21-46-30-32)47-22-4-3-8-31-19-23-53(24-20-31)44(60)34-14-16-37(50-49-34)51-25-27-52(28-26-51)40(57)12-2-1-5-29-62-36-11-6-10-33-41(36)45(61)54(43(33)59)35-15-18-39(56)48-42(35)58/h6-7,9-11,13-14,16-17,21,30-31,35H,1-5,8,12,15,18-20,22-29H2,(H,47,55)(H,48,56,58)/b17-13+. The second kappa shape index (κ2) is 21.2. The Labute approximate surface area is 365 Å². The van der Waals surface area contributed by atoms with Gasteiger partial charge in [0.2, 0.25) is 23.6 Å². The molecule has 4 aliphatic rings. The van der Waals surface area contributed by atoms with Crippen molar-refractivity contribution in [3.63, 3.8) is 0 Å². The van der Waals surface area contributed by atoms with E-state index in [4.69, 9.17) is 0 Å². The van der Waals surface area contributed by atoms with Crippen LogP contribution >= 0.6 is 11.8 Å². The number of pyridine rings is 1. The predicted molar refractivity (Wildman–Crippen MR) is 232 cm³/mol. The van der Waals surface area contributed by atoms with Gasteiger partial charge >= 0.3 is 0 Å². The van der Waals surface area contributed by atoms with E-state index in [-0.39, 0.29) is 36.1 Å². The van der Waals surface area contributed by atoms with Gasteiger partial charge in [0.25, 0.3) is 17.7 Å². The molecule has 1 aromatic carbocycles. The number of anilines is 1. The summed E-state index contributed by atoms with van der Waals surface area (Å²) in [4.78, 5) is 100. The molecule has 0 radical (unpaired) electrons. The lowest BCUT2D eigenvalue weighted by Crippen LogP contribution is -2.54. The van der Waals surface area contributed by atoms with Crippen molar-refractivity contribution in [3.05, 3.63) is 83.3 Å². The minimum absolute atomic E-state index is 0.0712. The molecule has 0 aliphatic carbocycles. The highest BCUT2D eigenvalue weighted by molar-refractivity contribution is 7.99. The summed E-state index contributed by atoms with van der Waals surface area (Å²) >= 11 is 1.48. The van der Waals surface area contributed by atoms with Crippen molar-refractivity contribution in [2.45, 2.75) is 81.6 Å². The molecule has 0 saturated carbocycles. The third-order valence-electron chi connectivity index (χ3n) is 11.9. The number of carbonyl (C=O) groups excluding carboxylic acids is 7. The molecule has 2 aromatic heterocycles. The van der Waals surface area contributed by atoms with Crippen molar-refractivity contribution < 1.29 is 33.6 Å². The van der Waals surface area contributed by atoms with E-state index in [1.54, 1.807) is 42.7 Å².